The third-order valence-corrected chi connectivity index (χ3v) is 5.56. The molecule has 1 fully saturated rings. The van der Waals surface area contributed by atoms with Gasteiger partial charge in [-0.2, -0.15) is 0 Å². The van der Waals surface area contributed by atoms with Gasteiger partial charge in [-0.1, -0.05) is 23.7 Å². The van der Waals surface area contributed by atoms with Crippen molar-refractivity contribution in [2.24, 2.45) is 0 Å². The number of halogens is 1. The number of ether oxygens (including phenoxy) is 4. The Bertz CT molecular complexity index is 1070. The number of amides is 1. The smallest absolute Gasteiger partial charge is 0.295 e. The first-order valence-corrected chi connectivity index (χ1v) is 10.1. The molecular weight excluding hydrogens is 438 g/mol. The molecule has 1 heterocycles. The Morgan fingerprint density at radius 2 is 1.81 bits per heavy atom. The fourth-order valence-corrected chi connectivity index (χ4v) is 3.92. The summed E-state index contributed by atoms with van der Waals surface area (Å²) in [5, 5.41) is 11.4. The molecule has 1 unspecified atom stereocenters. The van der Waals surface area contributed by atoms with Crippen LogP contribution < -0.4 is 14.2 Å². The zero-order chi connectivity index (χ0) is 23.4. The highest BCUT2D eigenvalue weighted by atomic mass is 35.5. The third-order valence-electron chi connectivity index (χ3n) is 5.23. The summed E-state index contributed by atoms with van der Waals surface area (Å²) < 4.78 is 21.3. The maximum absolute atomic E-state index is 13.1. The standard InChI is InChI=1S/C23H24ClNO7/c1-29-11-10-25-19(14-6-5-7-17(31-3)22(14)32-4)18(21(27)23(25)28)20(26)15-12-13(30-2)8-9-16(15)24/h5-9,12,19,26H,10-11H2,1-4H3/b20-18+. The first kappa shape index (κ1) is 23.4. The first-order valence-electron chi connectivity index (χ1n) is 9.71. The van der Waals surface area contributed by atoms with E-state index in [4.69, 9.17) is 30.5 Å². The molecule has 1 atom stereocenters. The molecule has 0 spiro atoms. The molecule has 170 valence electrons. The summed E-state index contributed by atoms with van der Waals surface area (Å²) >= 11 is 6.31. The number of para-hydroxylation sites is 1. The summed E-state index contributed by atoms with van der Waals surface area (Å²) in [6.45, 7) is 0.310. The molecule has 2 aromatic carbocycles. The molecule has 1 N–H and O–H groups in total. The van der Waals surface area contributed by atoms with Crippen LogP contribution in [-0.2, 0) is 14.3 Å². The number of likely N-dealkylation sites (tertiary alicyclic amines) is 1. The van der Waals surface area contributed by atoms with E-state index < -0.39 is 23.5 Å². The second kappa shape index (κ2) is 9.93. The van der Waals surface area contributed by atoms with Gasteiger partial charge in [0.2, 0.25) is 0 Å². The number of ketones is 1. The molecule has 8 nitrogen and oxygen atoms in total. The summed E-state index contributed by atoms with van der Waals surface area (Å²) in [4.78, 5) is 27.4. The summed E-state index contributed by atoms with van der Waals surface area (Å²) in [7, 11) is 5.91. The van der Waals surface area contributed by atoms with Gasteiger partial charge in [-0.15, -0.1) is 0 Å². The van der Waals surface area contributed by atoms with Crippen molar-refractivity contribution in [2.45, 2.75) is 6.04 Å². The number of carbonyl (C=O) groups excluding carboxylic acids is 2. The minimum Gasteiger partial charge on any atom is -0.507 e. The average Bonchev–Trinajstić information content (AvgIpc) is 3.06. The van der Waals surface area contributed by atoms with Crippen LogP contribution in [0.2, 0.25) is 5.02 Å². The molecule has 1 aliphatic heterocycles. The van der Waals surface area contributed by atoms with Crippen molar-refractivity contribution in [3.05, 3.63) is 58.1 Å². The fourth-order valence-electron chi connectivity index (χ4n) is 3.71. The maximum Gasteiger partial charge on any atom is 0.295 e. The predicted octanol–water partition coefficient (Wildman–Crippen LogP) is 3.43. The molecular formula is C23H24ClNO7. The molecule has 1 amide bonds. The van der Waals surface area contributed by atoms with Crippen LogP contribution in [0.15, 0.2) is 42.0 Å². The van der Waals surface area contributed by atoms with Crippen LogP contribution in [0.25, 0.3) is 5.76 Å². The van der Waals surface area contributed by atoms with Crippen LogP contribution in [-0.4, -0.2) is 63.3 Å². The molecule has 1 saturated heterocycles. The van der Waals surface area contributed by atoms with Gasteiger partial charge in [-0.3, -0.25) is 9.59 Å². The van der Waals surface area contributed by atoms with Crippen LogP contribution in [0.1, 0.15) is 17.2 Å². The lowest BCUT2D eigenvalue weighted by Gasteiger charge is -2.27. The highest BCUT2D eigenvalue weighted by molar-refractivity contribution is 6.47. The van der Waals surface area contributed by atoms with E-state index in [1.54, 1.807) is 24.3 Å². The lowest BCUT2D eigenvalue weighted by molar-refractivity contribution is -0.140. The minimum atomic E-state index is -0.947. The number of methoxy groups -OCH3 is 4. The Morgan fingerprint density at radius 1 is 1.06 bits per heavy atom. The first-order chi connectivity index (χ1) is 15.4. The van der Waals surface area contributed by atoms with Crippen molar-refractivity contribution in [1.82, 2.24) is 4.90 Å². The van der Waals surface area contributed by atoms with Crippen LogP contribution in [0, 0.1) is 0 Å². The largest absolute Gasteiger partial charge is 0.507 e. The molecule has 2 aromatic rings. The maximum atomic E-state index is 13.1. The molecule has 9 heteroatoms. The third kappa shape index (κ3) is 4.11. The number of hydrogen-bond acceptors (Lipinski definition) is 7. The Hall–Kier alpha value is -3.23. The number of hydrogen-bond donors (Lipinski definition) is 1. The molecule has 3 rings (SSSR count). The van der Waals surface area contributed by atoms with Gasteiger partial charge in [0.1, 0.15) is 11.5 Å². The van der Waals surface area contributed by atoms with Crippen LogP contribution >= 0.6 is 11.6 Å². The Balaban J connectivity index is 2.30. The van der Waals surface area contributed by atoms with Crippen LogP contribution in [0.3, 0.4) is 0 Å². The van der Waals surface area contributed by atoms with E-state index in [-0.39, 0.29) is 29.3 Å². The quantitative estimate of drug-likeness (QED) is 0.365. The van der Waals surface area contributed by atoms with E-state index in [1.807, 2.05) is 0 Å². The number of nitrogens with zero attached hydrogens (tertiary/aromatic N) is 1. The normalized spacial score (nSPS) is 17.5. The summed E-state index contributed by atoms with van der Waals surface area (Å²) in [5.74, 6) is -0.833. The Kier molecular flexibility index (Phi) is 7.27. The summed E-state index contributed by atoms with van der Waals surface area (Å²) in [6.07, 6.45) is 0. The summed E-state index contributed by atoms with van der Waals surface area (Å²) in [5.41, 5.74) is 0.526. The highest BCUT2D eigenvalue weighted by Gasteiger charge is 2.47. The number of aliphatic hydroxyl groups is 1. The van der Waals surface area contributed by atoms with Crippen molar-refractivity contribution in [3.63, 3.8) is 0 Å². The van der Waals surface area contributed by atoms with Gasteiger partial charge in [0, 0.05) is 24.8 Å². The Morgan fingerprint density at radius 3 is 2.44 bits per heavy atom. The van der Waals surface area contributed by atoms with Crippen molar-refractivity contribution in [1.29, 1.82) is 0 Å². The summed E-state index contributed by atoms with van der Waals surface area (Å²) in [6, 6.07) is 8.83. The van der Waals surface area contributed by atoms with Gasteiger partial charge in [0.25, 0.3) is 11.7 Å². The van der Waals surface area contributed by atoms with Crippen LogP contribution in [0.4, 0.5) is 0 Å². The molecule has 0 saturated carbocycles. The van der Waals surface area contributed by atoms with Gasteiger partial charge in [0.15, 0.2) is 11.5 Å². The lowest BCUT2D eigenvalue weighted by atomic mass is 9.94. The number of aliphatic hydroxyl groups excluding tert-OH is 1. The number of Topliss-reactive ketones (excluding diaryl/α,β-unsaturated/α-hetero) is 1. The van der Waals surface area contributed by atoms with Gasteiger partial charge in [-0.05, 0) is 24.3 Å². The van der Waals surface area contributed by atoms with Crippen molar-refractivity contribution in [2.75, 3.05) is 41.6 Å². The van der Waals surface area contributed by atoms with E-state index in [9.17, 15) is 14.7 Å². The van der Waals surface area contributed by atoms with Gasteiger partial charge in [-0.25, -0.2) is 0 Å². The lowest BCUT2D eigenvalue weighted by Crippen LogP contribution is -2.32. The van der Waals surface area contributed by atoms with Gasteiger partial charge < -0.3 is 29.0 Å². The molecule has 1 aliphatic rings. The molecule has 32 heavy (non-hydrogen) atoms. The molecule has 0 aliphatic carbocycles. The van der Waals surface area contributed by atoms with E-state index in [2.05, 4.69) is 0 Å². The average molecular weight is 462 g/mol. The SMILES string of the molecule is COCCN1C(=O)C(=O)/C(=C(/O)c2cc(OC)ccc2Cl)C1c1cccc(OC)c1OC. The van der Waals surface area contributed by atoms with Gasteiger partial charge in [0.05, 0.1) is 44.6 Å². The van der Waals surface area contributed by atoms with Crippen molar-refractivity contribution < 1.29 is 33.6 Å². The zero-order valence-corrected chi connectivity index (χ0v) is 18.9. The minimum absolute atomic E-state index is 0.118. The Labute approximate surface area is 190 Å². The topological polar surface area (TPSA) is 94.5 Å². The van der Waals surface area contributed by atoms with E-state index in [1.165, 1.54) is 45.5 Å². The van der Waals surface area contributed by atoms with Gasteiger partial charge >= 0.3 is 0 Å². The van der Waals surface area contributed by atoms with E-state index in [0.717, 1.165) is 0 Å². The zero-order valence-electron chi connectivity index (χ0n) is 18.2. The number of carbonyl (C=O) groups is 2. The number of rotatable bonds is 8. The van der Waals surface area contributed by atoms with Crippen LogP contribution in [0.5, 0.6) is 17.2 Å². The highest BCUT2D eigenvalue weighted by Crippen LogP contribution is 2.46. The molecule has 0 bridgehead atoms. The van der Waals surface area contributed by atoms with Crippen molar-refractivity contribution >= 4 is 29.1 Å². The molecule has 0 aromatic heterocycles. The van der Waals surface area contributed by atoms with E-state index in [0.29, 0.717) is 22.8 Å². The van der Waals surface area contributed by atoms with E-state index >= 15 is 0 Å². The second-order valence-corrected chi connectivity index (χ2v) is 7.32. The second-order valence-electron chi connectivity index (χ2n) is 6.91. The fraction of sp³-hybridized carbons (Fsp3) is 0.304. The number of benzene rings is 2. The van der Waals surface area contributed by atoms with Crippen molar-refractivity contribution in [3.8, 4) is 17.2 Å². The molecule has 0 radical (unpaired) electrons. The monoisotopic (exact) mass is 461 g/mol. The predicted molar refractivity (Wildman–Crippen MR) is 118 cm³/mol.